The summed E-state index contributed by atoms with van der Waals surface area (Å²) in [4.78, 5) is 12.4. The van der Waals surface area contributed by atoms with E-state index in [1.807, 2.05) is 13.8 Å². The first-order chi connectivity index (χ1) is 7.72. The molecule has 0 spiro atoms. The van der Waals surface area contributed by atoms with E-state index in [4.69, 9.17) is 6.42 Å². The summed E-state index contributed by atoms with van der Waals surface area (Å²) in [6, 6.07) is -0.218. The van der Waals surface area contributed by atoms with Gasteiger partial charge in [-0.05, 0) is 24.4 Å². The summed E-state index contributed by atoms with van der Waals surface area (Å²) in [5.74, 6) is 2.36. The highest BCUT2D eigenvalue weighted by molar-refractivity contribution is 7.08. The van der Waals surface area contributed by atoms with Crippen molar-refractivity contribution in [3.05, 3.63) is 10.6 Å². The zero-order chi connectivity index (χ0) is 12.0. The van der Waals surface area contributed by atoms with Crippen molar-refractivity contribution in [2.75, 3.05) is 0 Å². The van der Waals surface area contributed by atoms with Gasteiger partial charge in [0.05, 0.1) is 11.7 Å². The summed E-state index contributed by atoms with van der Waals surface area (Å²) in [7, 11) is 0. The van der Waals surface area contributed by atoms with Crippen LogP contribution in [0.2, 0.25) is 0 Å². The summed E-state index contributed by atoms with van der Waals surface area (Å²) in [5.41, 5.74) is 0.761. The van der Waals surface area contributed by atoms with Crippen LogP contribution in [-0.2, 0) is 6.42 Å². The van der Waals surface area contributed by atoms with Gasteiger partial charge in [-0.3, -0.25) is 4.79 Å². The number of amides is 1. The van der Waals surface area contributed by atoms with E-state index in [0.29, 0.717) is 4.88 Å². The number of hydrogen-bond donors (Lipinski definition) is 1. The molecule has 86 valence electrons. The third-order valence-corrected chi connectivity index (χ3v) is 2.93. The molecule has 1 N–H and O–H groups in total. The molecule has 16 heavy (non-hydrogen) atoms. The van der Waals surface area contributed by atoms with Gasteiger partial charge in [-0.2, -0.15) is 0 Å². The number of nitrogens with zero attached hydrogens (tertiary/aromatic N) is 2. The van der Waals surface area contributed by atoms with Crippen LogP contribution in [0.5, 0.6) is 0 Å². The first kappa shape index (κ1) is 12.7. The number of carbonyl (C=O) groups is 1. The van der Waals surface area contributed by atoms with E-state index in [1.165, 1.54) is 0 Å². The van der Waals surface area contributed by atoms with E-state index < -0.39 is 0 Å². The first-order valence-electron chi connectivity index (χ1n) is 5.31. The van der Waals surface area contributed by atoms with E-state index in [2.05, 4.69) is 20.8 Å². The lowest BCUT2D eigenvalue weighted by Crippen LogP contribution is -2.33. The molecule has 0 fully saturated rings. The van der Waals surface area contributed by atoms with Crippen molar-refractivity contribution < 1.29 is 4.79 Å². The zero-order valence-electron chi connectivity index (χ0n) is 9.49. The molecule has 1 aromatic rings. The summed E-state index contributed by atoms with van der Waals surface area (Å²) >= 11 is 1.12. The van der Waals surface area contributed by atoms with Crippen molar-refractivity contribution in [2.45, 2.75) is 39.2 Å². The van der Waals surface area contributed by atoms with Crippen molar-refractivity contribution >= 4 is 17.4 Å². The number of rotatable bonds is 5. The molecule has 0 saturated carbocycles. The summed E-state index contributed by atoms with van der Waals surface area (Å²) in [6.07, 6.45) is 7.72. The third-order valence-electron chi connectivity index (χ3n) is 2.16. The first-order valence-corrected chi connectivity index (χ1v) is 6.08. The molecule has 0 saturated heterocycles. The standard InChI is InChI=1S/C11H15N3OS/c1-4-7-9-10(16-14-13-9)11(15)12-8(5-2)6-3/h2,8H,4,6-7H2,1,3H3,(H,12,15). The Morgan fingerprint density at radius 2 is 2.38 bits per heavy atom. The van der Waals surface area contributed by atoms with Crippen molar-refractivity contribution in [3.8, 4) is 12.3 Å². The average molecular weight is 237 g/mol. The molecule has 1 aromatic heterocycles. The lowest BCUT2D eigenvalue weighted by Gasteiger charge is -2.09. The molecular formula is C11H15N3OS. The molecule has 0 aliphatic heterocycles. The van der Waals surface area contributed by atoms with Gasteiger partial charge in [0, 0.05) is 0 Å². The van der Waals surface area contributed by atoms with Crippen LogP contribution in [0.15, 0.2) is 0 Å². The number of carbonyl (C=O) groups excluding carboxylic acids is 1. The fourth-order valence-electron chi connectivity index (χ4n) is 1.27. The van der Waals surface area contributed by atoms with Gasteiger partial charge in [-0.15, -0.1) is 11.5 Å². The van der Waals surface area contributed by atoms with Gasteiger partial charge in [0.15, 0.2) is 0 Å². The monoisotopic (exact) mass is 237 g/mol. The highest BCUT2D eigenvalue weighted by atomic mass is 32.1. The van der Waals surface area contributed by atoms with E-state index in [-0.39, 0.29) is 11.9 Å². The Kier molecular flexibility index (Phi) is 4.93. The topological polar surface area (TPSA) is 54.9 Å². The van der Waals surface area contributed by atoms with Gasteiger partial charge in [0.2, 0.25) is 0 Å². The molecule has 1 atom stereocenters. The van der Waals surface area contributed by atoms with Gasteiger partial charge >= 0.3 is 0 Å². The van der Waals surface area contributed by atoms with E-state index in [9.17, 15) is 4.79 Å². The van der Waals surface area contributed by atoms with E-state index >= 15 is 0 Å². The molecule has 1 amide bonds. The summed E-state index contributed by atoms with van der Waals surface area (Å²) in [6.45, 7) is 3.97. The quantitative estimate of drug-likeness (QED) is 0.792. The Hall–Kier alpha value is -1.41. The van der Waals surface area contributed by atoms with E-state index in [0.717, 1.165) is 36.5 Å². The minimum absolute atomic E-state index is 0.164. The second-order valence-corrected chi connectivity index (χ2v) is 4.15. The van der Waals surface area contributed by atoms with Crippen LogP contribution in [0, 0.1) is 12.3 Å². The molecule has 0 aromatic carbocycles. The fourth-order valence-corrected chi connectivity index (χ4v) is 1.88. The Morgan fingerprint density at radius 1 is 1.62 bits per heavy atom. The zero-order valence-corrected chi connectivity index (χ0v) is 10.3. The third kappa shape index (κ3) is 3.04. The lowest BCUT2D eigenvalue weighted by molar-refractivity contribution is 0.0948. The number of hydrogen-bond acceptors (Lipinski definition) is 4. The Morgan fingerprint density at radius 3 is 2.94 bits per heavy atom. The molecule has 1 unspecified atom stereocenters. The minimum Gasteiger partial charge on any atom is -0.338 e. The van der Waals surface area contributed by atoms with Crippen LogP contribution in [0.25, 0.3) is 0 Å². The highest BCUT2D eigenvalue weighted by Gasteiger charge is 2.17. The Bertz CT molecular complexity index is 394. The smallest absolute Gasteiger partial charge is 0.265 e. The van der Waals surface area contributed by atoms with Crippen LogP contribution < -0.4 is 5.32 Å². The van der Waals surface area contributed by atoms with Crippen molar-refractivity contribution in [1.82, 2.24) is 14.9 Å². The predicted molar refractivity (Wildman–Crippen MR) is 64.3 cm³/mol. The molecule has 5 heteroatoms. The van der Waals surface area contributed by atoms with Gasteiger partial charge in [0.25, 0.3) is 5.91 Å². The van der Waals surface area contributed by atoms with Crippen molar-refractivity contribution in [1.29, 1.82) is 0 Å². The van der Waals surface area contributed by atoms with Crippen LogP contribution >= 0.6 is 11.5 Å². The maximum atomic E-state index is 11.9. The molecule has 4 nitrogen and oxygen atoms in total. The van der Waals surface area contributed by atoms with Gasteiger partial charge in [0.1, 0.15) is 4.88 Å². The van der Waals surface area contributed by atoms with Gasteiger partial charge in [-0.1, -0.05) is 30.7 Å². The molecule has 0 bridgehead atoms. The lowest BCUT2D eigenvalue weighted by atomic mass is 10.2. The minimum atomic E-state index is -0.218. The predicted octanol–water partition coefficient (Wildman–Crippen LogP) is 1.63. The van der Waals surface area contributed by atoms with Gasteiger partial charge in [-0.25, -0.2) is 0 Å². The van der Waals surface area contributed by atoms with Gasteiger partial charge < -0.3 is 5.32 Å². The number of aryl methyl sites for hydroxylation is 1. The maximum Gasteiger partial charge on any atom is 0.265 e. The number of nitrogens with one attached hydrogen (secondary N) is 1. The molecule has 1 rings (SSSR count). The number of terminal acetylenes is 1. The molecule has 1 heterocycles. The fraction of sp³-hybridized carbons (Fsp3) is 0.545. The maximum absolute atomic E-state index is 11.9. The molecule has 0 radical (unpaired) electrons. The summed E-state index contributed by atoms with van der Waals surface area (Å²) < 4.78 is 3.80. The number of aromatic nitrogens is 2. The summed E-state index contributed by atoms with van der Waals surface area (Å²) in [5, 5.41) is 6.71. The van der Waals surface area contributed by atoms with Crippen LogP contribution in [0.1, 0.15) is 42.1 Å². The van der Waals surface area contributed by atoms with E-state index in [1.54, 1.807) is 0 Å². The second kappa shape index (κ2) is 6.23. The Labute approximate surface area is 99.6 Å². The van der Waals surface area contributed by atoms with Crippen LogP contribution in [0.3, 0.4) is 0 Å². The van der Waals surface area contributed by atoms with Crippen molar-refractivity contribution in [3.63, 3.8) is 0 Å². The molecule has 0 aliphatic carbocycles. The molecular weight excluding hydrogens is 222 g/mol. The normalized spacial score (nSPS) is 11.8. The second-order valence-electron chi connectivity index (χ2n) is 3.40. The highest BCUT2D eigenvalue weighted by Crippen LogP contribution is 2.12. The largest absolute Gasteiger partial charge is 0.338 e. The van der Waals surface area contributed by atoms with Crippen LogP contribution in [-0.4, -0.2) is 21.5 Å². The average Bonchev–Trinajstić information content (AvgIpc) is 2.74. The van der Waals surface area contributed by atoms with Crippen LogP contribution in [0.4, 0.5) is 0 Å². The SMILES string of the molecule is C#CC(CC)NC(=O)c1snnc1CCC. The Balaban J connectivity index is 2.73. The van der Waals surface area contributed by atoms with Crippen molar-refractivity contribution in [2.24, 2.45) is 0 Å². The molecule has 0 aliphatic rings.